The van der Waals surface area contributed by atoms with Crippen molar-refractivity contribution in [2.24, 2.45) is 0 Å². The molecule has 15 nitrogen and oxygen atoms in total. The van der Waals surface area contributed by atoms with Crippen molar-refractivity contribution >= 4 is 17.5 Å². The first-order valence-electron chi connectivity index (χ1n) is 19.4. The number of ether oxygens (including phenoxy) is 7. The van der Waals surface area contributed by atoms with E-state index in [0.717, 1.165) is 0 Å². The summed E-state index contributed by atoms with van der Waals surface area (Å²) in [5, 5.41) is 44.3. The molecule has 2 aromatic rings. The SMILES string of the molecule is COC(=O)[C@@H]1c2cc3c(c(O)c2[C@@H](O[C@H]2C[C@H](N(C)C)[C@H](O[C@H]4CC[C@H](O[C@H]5CC[C@H](O)[C@H](C)O5)[C@H](C)O4)[C@H](C)O2)C[C@@]1(C)O)C(=O)c1c(O)cccc1C3=O. The monoisotopic (exact) mass is 783 g/mol. The fourth-order valence-electron chi connectivity index (χ4n) is 9.09. The Morgan fingerprint density at radius 3 is 2.21 bits per heavy atom. The highest BCUT2D eigenvalue weighted by atomic mass is 16.7. The summed E-state index contributed by atoms with van der Waals surface area (Å²) in [6.07, 6.45) is -2.58. The standard InChI is InChI=1S/C41H53NO14/c1-18-25(43)11-13-29(51-18)54-27-12-14-30(52-19(27)2)56-39-20(3)53-31(16-24(39)42(5)6)55-28-17-41(4,49)35(40(48)50-7)22-15-23-34(38(47)33(22)28)37(46)32-21(36(23)45)9-8-10-26(32)44/h8-10,15,18-20,24-25,27-31,35,39,43-44,47,49H,11-14,16-17H2,1-7H3/t18-,19-,20-,24-,25-,27-,28-,29-,30-,31-,35-,39+,41+/m0/s1. The van der Waals surface area contributed by atoms with E-state index in [0.29, 0.717) is 32.1 Å². The van der Waals surface area contributed by atoms with Crippen molar-refractivity contribution in [3.63, 3.8) is 0 Å². The average molecular weight is 784 g/mol. The smallest absolute Gasteiger partial charge is 0.316 e. The first-order valence-corrected chi connectivity index (χ1v) is 19.4. The Morgan fingerprint density at radius 2 is 1.54 bits per heavy atom. The van der Waals surface area contributed by atoms with Gasteiger partial charge in [-0.1, -0.05) is 12.1 Å². The lowest BCUT2D eigenvalue weighted by molar-refractivity contribution is -0.314. The lowest BCUT2D eigenvalue weighted by atomic mass is 9.68. The van der Waals surface area contributed by atoms with Crippen molar-refractivity contribution in [1.82, 2.24) is 4.90 Å². The maximum absolute atomic E-state index is 13.9. The summed E-state index contributed by atoms with van der Waals surface area (Å²) in [4.78, 5) is 42.9. The number of rotatable bonds is 8. The zero-order chi connectivity index (χ0) is 40.4. The number of esters is 1. The molecule has 0 bridgehead atoms. The first-order chi connectivity index (χ1) is 26.5. The summed E-state index contributed by atoms with van der Waals surface area (Å²) in [5.74, 6) is -4.52. The normalized spacial score (nSPS) is 37.1. The molecule has 13 atom stereocenters. The highest BCUT2D eigenvalue weighted by Gasteiger charge is 2.52. The predicted octanol–water partition coefficient (Wildman–Crippen LogP) is 3.59. The van der Waals surface area contributed by atoms with Crippen LogP contribution in [0.2, 0.25) is 0 Å². The van der Waals surface area contributed by atoms with Crippen LogP contribution in [-0.2, 0) is 38.0 Å². The Balaban J connectivity index is 1.11. The zero-order valence-corrected chi connectivity index (χ0v) is 32.8. The molecule has 0 saturated carbocycles. The van der Waals surface area contributed by atoms with E-state index in [2.05, 4.69) is 0 Å². The lowest BCUT2D eigenvalue weighted by Crippen LogP contribution is -2.57. The summed E-state index contributed by atoms with van der Waals surface area (Å²) >= 11 is 0. The fourth-order valence-corrected chi connectivity index (χ4v) is 9.09. The highest BCUT2D eigenvalue weighted by molar-refractivity contribution is 6.30. The van der Waals surface area contributed by atoms with Gasteiger partial charge < -0.3 is 58.5 Å². The molecular formula is C41H53NO14. The van der Waals surface area contributed by atoms with Gasteiger partial charge in [-0.3, -0.25) is 14.4 Å². The van der Waals surface area contributed by atoms with Crippen molar-refractivity contribution in [2.45, 2.75) is 145 Å². The van der Waals surface area contributed by atoms with E-state index in [1.165, 1.54) is 38.3 Å². The van der Waals surface area contributed by atoms with Crippen LogP contribution in [0.5, 0.6) is 11.5 Å². The summed E-state index contributed by atoms with van der Waals surface area (Å²) in [6, 6.07) is 5.23. The fraction of sp³-hybridized carbons (Fsp3) is 0.634. The molecule has 306 valence electrons. The van der Waals surface area contributed by atoms with E-state index >= 15 is 0 Å². The third-order valence-electron chi connectivity index (χ3n) is 12.1. The Kier molecular flexibility index (Phi) is 11.4. The molecule has 3 aliphatic heterocycles. The minimum atomic E-state index is -1.77. The van der Waals surface area contributed by atoms with Gasteiger partial charge in [0.1, 0.15) is 23.5 Å². The number of likely N-dealkylation sites (N-methyl/N-ethyl adjacent to an activating group) is 1. The topological polar surface area (TPSA) is 200 Å². The molecule has 3 saturated heterocycles. The van der Waals surface area contributed by atoms with Crippen molar-refractivity contribution in [3.8, 4) is 11.5 Å². The van der Waals surface area contributed by atoms with Crippen LogP contribution < -0.4 is 0 Å². The lowest BCUT2D eigenvalue weighted by Gasteiger charge is -2.47. The summed E-state index contributed by atoms with van der Waals surface area (Å²) < 4.78 is 43.1. The molecule has 0 spiro atoms. The number of phenols is 2. The molecule has 56 heavy (non-hydrogen) atoms. The number of phenolic OH excluding ortho intramolecular Hbond substituents is 2. The number of methoxy groups -OCH3 is 1. The molecule has 5 aliphatic rings. The highest BCUT2D eigenvalue weighted by Crippen LogP contribution is 2.53. The average Bonchev–Trinajstić information content (AvgIpc) is 3.13. The van der Waals surface area contributed by atoms with E-state index in [1.807, 2.05) is 39.8 Å². The number of carbonyl (C=O) groups is 3. The van der Waals surface area contributed by atoms with Crippen LogP contribution in [0.1, 0.15) is 121 Å². The Hall–Kier alpha value is -3.51. The number of aliphatic hydroxyl groups excluding tert-OH is 1. The Bertz CT molecular complexity index is 1850. The number of benzene rings is 2. The van der Waals surface area contributed by atoms with Crippen LogP contribution in [-0.4, -0.2) is 131 Å². The van der Waals surface area contributed by atoms with E-state index < -0.39 is 83.8 Å². The van der Waals surface area contributed by atoms with Crippen molar-refractivity contribution in [1.29, 1.82) is 0 Å². The van der Waals surface area contributed by atoms with Crippen molar-refractivity contribution < 1.29 is 68.0 Å². The number of carbonyl (C=O) groups excluding carboxylic acids is 3. The second kappa shape index (κ2) is 15.7. The van der Waals surface area contributed by atoms with Gasteiger partial charge in [-0.2, -0.15) is 0 Å². The maximum atomic E-state index is 13.9. The number of fused-ring (bicyclic) bond motifs is 3. The third kappa shape index (κ3) is 7.38. The maximum Gasteiger partial charge on any atom is 0.316 e. The van der Waals surface area contributed by atoms with Crippen molar-refractivity contribution in [2.75, 3.05) is 21.2 Å². The van der Waals surface area contributed by atoms with Gasteiger partial charge >= 0.3 is 5.97 Å². The molecular weight excluding hydrogens is 730 g/mol. The summed E-state index contributed by atoms with van der Waals surface area (Å²) in [6.45, 7) is 7.09. The van der Waals surface area contributed by atoms with Gasteiger partial charge in [-0.15, -0.1) is 0 Å². The zero-order valence-electron chi connectivity index (χ0n) is 32.8. The molecule has 4 N–H and O–H groups in total. The van der Waals surface area contributed by atoms with Gasteiger partial charge in [0, 0.05) is 48.4 Å². The largest absolute Gasteiger partial charge is 0.507 e. The molecule has 3 heterocycles. The van der Waals surface area contributed by atoms with Crippen LogP contribution in [0.25, 0.3) is 0 Å². The van der Waals surface area contributed by atoms with Gasteiger partial charge in [-0.25, -0.2) is 0 Å². The number of hydrogen-bond acceptors (Lipinski definition) is 15. The number of ketones is 2. The van der Waals surface area contributed by atoms with Gasteiger partial charge in [0.2, 0.25) is 5.78 Å². The molecule has 0 amide bonds. The van der Waals surface area contributed by atoms with E-state index in [9.17, 15) is 34.8 Å². The van der Waals surface area contributed by atoms with Gasteiger partial charge in [0.15, 0.2) is 24.7 Å². The number of aliphatic hydroxyl groups is 2. The minimum Gasteiger partial charge on any atom is -0.507 e. The second-order valence-corrected chi connectivity index (χ2v) is 16.2. The third-order valence-corrected chi connectivity index (χ3v) is 12.1. The van der Waals surface area contributed by atoms with E-state index in [1.54, 1.807) is 0 Å². The van der Waals surface area contributed by atoms with Crippen LogP contribution in [0.4, 0.5) is 0 Å². The molecule has 15 heteroatoms. The number of hydrogen-bond donors (Lipinski definition) is 4. The molecule has 0 radical (unpaired) electrons. The number of nitrogens with zero attached hydrogens (tertiary/aromatic N) is 1. The second-order valence-electron chi connectivity index (χ2n) is 16.2. The Morgan fingerprint density at radius 1 is 0.857 bits per heavy atom. The van der Waals surface area contributed by atoms with Gasteiger partial charge in [-0.05, 0) is 72.3 Å². The Labute approximate surface area is 325 Å². The quantitative estimate of drug-likeness (QED) is 0.242. The van der Waals surface area contributed by atoms with Crippen LogP contribution in [0, 0.1) is 0 Å². The van der Waals surface area contributed by atoms with E-state index in [4.69, 9.17) is 33.2 Å². The van der Waals surface area contributed by atoms with Crippen LogP contribution in [0.3, 0.4) is 0 Å². The van der Waals surface area contributed by atoms with Gasteiger partial charge in [0.25, 0.3) is 0 Å². The van der Waals surface area contributed by atoms with Gasteiger partial charge in [0.05, 0.1) is 60.5 Å². The molecule has 0 aromatic heterocycles. The van der Waals surface area contributed by atoms with Crippen molar-refractivity contribution in [3.05, 3.63) is 57.6 Å². The first kappa shape index (κ1) is 40.7. The molecule has 7 rings (SSSR count). The molecule has 2 aliphatic carbocycles. The molecule has 2 aromatic carbocycles. The predicted molar refractivity (Wildman–Crippen MR) is 196 cm³/mol. The van der Waals surface area contributed by atoms with Crippen LogP contribution >= 0.6 is 0 Å². The minimum absolute atomic E-state index is 0.0468. The summed E-state index contributed by atoms with van der Waals surface area (Å²) in [7, 11) is 5.01. The summed E-state index contributed by atoms with van der Waals surface area (Å²) in [5.41, 5.74) is -2.41. The molecule has 3 fully saturated rings. The van der Waals surface area contributed by atoms with E-state index in [-0.39, 0.29) is 64.2 Å². The molecule has 0 unspecified atom stereocenters. The van der Waals surface area contributed by atoms with Crippen LogP contribution in [0.15, 0.2) is 24.3 Å². The number of aromatic hydroxyl groups is 2.